The third-order valence-corrected chi connectivity index (χ3v) is 3.13. The van der Waals surface area contributed by atoms with Gasteiger partial charge in [-0.1, -0.05) is 27.7 Å². The van der Waals surface area contributed by atoms with Crippen LogP contribution in [-0.4, -0.2) is 24.2 Å². The van der Waals surface area contributed by atoms with E-state index in [1.165, 1.54) is 0 Å². The molecule has 0 aliphatic carbocycles. The van der Waals surface area contributed by atoms with Gasteiger partial charge in [0.2, 0.25) is 5.91 Å². The first-order valence-corrected chi connectivity index (χ1v) is 6.25. The highest BCUT2D eigenvalue weighted by molar-refractivity contribution is 5.76. The third-order valence-electron chi connectivity index (χ3n) is 3.13. The number of hydrogen-bond acceptors (Lipinski definition) is 2. The Bertz CT molecular complexity index is 197. The molecule has 1 unspecified atom stereocenters. The molecular weight excluding hydrogens is 202 g/mol. The minimum Gasteiger partial charge on any atom is -0.396 e. The van der Waals surface area contributed by atoms with Gasteiger partial charge in [0.1, 0.15) is 0 Å². The molecule has 3 heteroatoms. The van der Waals surface area contributed by atoms with Crippen LogP contribution in [-0.2, 0) is 4.79 Å². The highest BCUT2D eigenvalue weighted by Gasteiger charge is 2.22. The second-order valence-electron chi connectivity index (χ2n) is 5.61. The lowest BCUT2D eigenvalue weighted by molar-refractivity contribution is -0.122. The van der Waals surface area contributed by atoms with Crippen LogP contribution in [0.25, 0.3) is 0 Å². The van der Waals surface area contributed by atoms with Crippen molar-refractivity contribution in [3.63, 3.8) is 0 Å². The van der Waals surface area contributed by atoms with E-state index >= 15 is 0 Å². The van der Waals surface area contributed by atoms with Crippen molar-refractivity contribution in [1.82, 2.24) is 5.32 Å². The highest BCUT2D eigenvalue weighted by atomic mass is 16.2. The molecule has 0 rings (SSSR count). The molecular formula is C13H27NO2. The summed E-state index contributed by atoms with van der Waals surface area (Å²) in [5.74, 6) is 0.538. The van der Waals surface area contributed by atoms with Crippen LogP contribution < -0.4 is 5.32 Å². The van der Waals surface area contributed by atoms with Crippen LogP contribution in [0.3, 0.4) is 0 Å². The molecule has 2 N–H and O–H groups in total. The van der Waals surface area contributed by atoms with E-state index in [1.807, 2.05) is 0 Å². The van der Waals surface area contributed by atoms with Crippen molar-refractivity contribution < 1.29 is 9.90 Å². The van der Waals surface area contributed by atoms with Gasteiger partial charge in [-0.25, -0.2) is 0 Å². The molecule has 0 aliphatic heterocycles. The average Bonchev–Trinajstić information content (AvgIpc) is 2.16. The largest absolute Gasteiger partial charge is 0.396 e. The van der Waals surface area contributed by atoms with Crippen LogP contribution in [0.5, 0.6) is 0 Å². The number of aliphatic hydroxyl groups excluding tert-OH is 1. The zero-order chi connectivity index (χ0) is 12.6. The fourth-order valence-electron chi connectivity index (χ4n) is 1.30. The van der Waals surface area contributed by atoms with Crippen molar-refractivity contribution in [2.75, 3.05) is 13.2 Å². The predicted molar refractivity (Wildman–Crippen MR) is 67.2 cm³/mol. The first-order chi connectivity index (χ1) is 7.38. The monoisotopic (exact) mass is 229 g/mol. The zero-order valence-corrected chi connectivity index (χ0v) is 11.2. The Hall–Kier alpha value is -0.570. The Morgan fingerprint density at radius 2 is 1.88 bits per heavy atom. The van der Waals surface area contributed by atoms with E-state index in [-0.39, 0.29) is 17.9 Å². The summed E-state index contributed by atoms with van der Waals surface area (Å²) in [5.41, 5.74) is 0.189. The van der Waals surface area contributed by atoms with Crippen molar-refractivity contribution >= 4 is 5.91 Å². The summed E-state index contributed by atoms with van der Waals surface area (Å²) in [6.45, 7) is 9.57. The second-order valence-corrected chi connectivity index (χ2v) is 5.61. The maximum atomic E-state index is 11.6. The fraction of sp³-hybridized carbons (Fsp3) is 0.923. The van der Waals surface area contributed by atoms with Gasteiger partial charge in [-0.3, -0.25) is 4.79 Å². The molecule has 0 heterocycles. The Kier molecular flexibility index (Phi) is 7.39. The molecule has 0 fully saturated rings. The fourth-order valence-corrected chi connectivity index (χ4v) is 1.30. The van der Waals surface area contributed by atoms with E-state index in [1.54, 1.807) is 0 Å². The SMILES string of the molecule is CC(CC(=O)NCCCCCO)C(C)(C)C. The summed E-state index contributed by atoms with van der Waals surface area (Å²) >= 11 is 0. The van der Waals surface area contributed by atoms with Crippen LogP contribution in [0.4, 0.5) is 0 Å². The normalized spacial score (nSPS) is 13.6. The average molecular weight is 229 g/mol. The quantitative estimate of drug-likeness (QED) is 0.658. The van der Waals surface area contributed by atoms with Gasteiger partial charge in [-0.15, -0.1) is 0 Å². The predicted octanol–water partition coefficient (Wildman–Crippen LogP) is 2.34. The van der Waals surface area contributed by atoms with Crippen molar-refractivity contribution in [2.24, 2.45) is 11.3 Å². The molecule has 96 valence electrons. The number of aliphatic hydroxyl groups is 1. The Labute approximate surface area is 99.6 Å². The van der Waals surface area contributed by atoms with Gasteiger partial charge in [-0.05, 0) is 30.6 Å². The van der Waals surface area contributed by atoms with Crippen molar-refractivity contribution in [2.45, 2.75) is 53.4 Å². The van der Waals surface area contributed by atoms with Crippen molar-refractivity contribution in [3.05, 3.63) is 0 Å². The van der Waals surface area contributed by atoms with Gasteiger partial charge in [0.15, 0.2) is 0 Å². The summed E-state index contributed by atoms with van der Waals surface area (Å²) in [6, 6.07) is 0. The standard InChI is InChI=1S/C13H27NO2/c1-11(13(2,3)4)10-12(16)14-8-6-5-7-9-15/h11,15H,5-10H2,1-4H3,(H,14,16). The molecule has 0 aromatic rings. The smallest absolute Gasteiger partial charge is 0.220 e. The number of unbranched alkanes of at least 4 members (excludes halogenated alkanes) is 2. The van der Waals surface area contributed by atoms with Gasteiger partial charge >= 0.3 is 0 Å². The molecule has 0 aromatic carbocycles. The number of carbonyl (C=O) groups excluding carboxylic acids is 1. The summed E-state index contributed by atoms with van der Waals surface area (Å²) in [4.78, 5) is 11.6. The minimum absolute atomic E-state index is 0.145. The lowest BCUT2D eigenvalue weighted by atomic mass is 9.80. The lowest BCUT2D eigenvalue weighted by Gasteiger charge is -2.26. The van der Waals surface area contributed by atoms with Gasteiger partial charge in [0.25, 0.3) is 0 Å². The second kappa shape index (κ2) is 7.66. The third kappa shape index (κ3) is 7.69. The molecule has 0 aliphatic rings. The van der Waals surface area contributed by atoms with Crippen LogP contribution in [0.15, 0.2) is 0 Å². The molecule has 1 amide bonds. The highest BCUT2D eigenvalue weighted by Crippen LogP contribution is 2.27. The molecule has 0 bridgehead atoms. The summed E-state index contributed by atoms with van der Waals surface area (Å²) < 4.78 is 0. The van der Waals surface area contributed by atoms with E-state index in [4.69, 9.17) is 5.11 Å². The molecule has 0 saturated heterocycles. The summed E-state index contributed by atoms with van der Waals surface area (Å²) in [7, 11) is 0. The number of rotatable bonds is 7. The lowest BCUT2D eigenvalue weighted by Crippen LogP contribution is -2.29. The minimum atomic E-state index is 0.145. The Balaban J connectivity index is 3.59. The van der Waals surface area contributed by atoms with Crippen LogP contribution >= 0.6 is 0 Å². The van der Waals surface area contributed by atoms with E-state index in [9.17, 15) is 4.79 Å². The zero-order valence-electron chi connectivity index (χ0n) is 11.2. The van der Waals surface area contributed by atoms with Crippen molar-refractivity contribution in [3.8, 4) is 0 Å². The molecule has 0 aromatic heterocycles. The van der Waals surface area contributed by atoms with E-state index < -0.39 is 0 Å². The maximum absolute atomic E-state index is 11.6. The number of amides is 1. The topological polar surface area (TPSA) is 49.3 Å². The van der Waals surface area contributed by atoms with Crippen LogP contribution in [0.2, 0.25) is 0 Å². The number of nitrogens with one attached hydrogen (secondary N) is 1. The molecule has 1 atom stereocenters. The van der Waals surface area contributed by atoms with E-state index in [2.05, 4.69) is 33.0 Å². The van der Waals surface area contributed by atoms with Gasteiger partial charge in [0.05, 0.1) is 0 Å². The molecule has 0 spiro atoms. The molecule has 0 radical (unpaired) electrons. The van der Waals surface area contributed by atoms with E-state index in [0.29, 0.717) is 12.3 Å². The first-order valence-electron chi connectivity index (χ1n) is 6.25. The number of carbonyl (C=O) groups is 1. The van der Waals surface area contributed by atoms with Gasteiger partial charge < -0.3 is 10.4 Å². The number of hydrogen-bond donors (Lipinski definition) is 2. The molecule has 16 heavy (non-hydrogen) atoms. The van der Waals surface area contributed by atoms with E-state index in [0.717, 1.165) is 25.8 Å². The Morgan fingerprint density at radius 1 is 1.25 bits per heavy atom. The van der Waals surface area contributed by atoms with Crippen LogP contribution in [0, 0.1) is 11.3 Å². The Morgan fingerprint density at radius 3 is 2.38 bits per heavy atom. The van der Waals surface area contributed by atoms with Gasteiger partial charge in [0, 0.05) is 19.6 Å². The molecule has 3 nitrogen and oxygen atoms in total. The van der Waals surface area contributed by atoms with Crippen molar-refractivity contribution in [1.29, 1.82) is 0 Å². The molecule has 0 saturated carbocycles. The maximum Gasteiger partial charge on any atom is 0.220 e. The summed E-state index contributed by atoms with van der Waals surface area (Å²) in [6.07, 6.45) is 3.36. The first kappa shape index (κ1) is 15.4. The van der Waals surface area contributed by atoms with Crippen LogP contribution in [0.1, 0.15) is 53.4 Å². The van der Waals surface area contributed by atoms with Gasteiger partial charge in [-0.2, -0.15) is 0 Å². The summed E-state index contributed by atoms with van der Waals surface area (Å²) in [5, 5.41) is 11.5.